The molecule has 4 aliphatic rings. The van der Waals surface area contributed by atoms with Crippen molar-refractivity contribution >= 4 is 23.3 Å². The largest absolute Gasteiger partial charge is 0.497 e. The lowest BCUT2D eigenvalue weighted by atomic mass is 9.56. The van der Waals surface area contributed by atoms with Gasteiger partial charge in [-0.25, -0.2) is 0 Å². The third kappa shape index (κ3) is 1.83. The maximum Gasteiger partial charge on any atom is 0.238 e. The van der Waals surface area contributed by atoms with Gasteiger partial charge in [0.25, 0.3) is 0 Å². The summed E-state index contributed by atoms with van der Waals surface area (Å²) >= 11 is 0. The normalized spacial score (nSPS) is 29.0. The molecule has 3 aliphatic carbocycles. The quantitative estimate of drug-likeness (QED) is 0.784. The number of rotatable bonds is 2. The summed E-state index contributed by atoms with van der Waals surface area (Å²) in [7, 11) is 1.57. The van der Waals surface area contributed by atoms with Crippen molar-refractivity contribution in [2.45, 2.75) is 18.3 Å². The molecule has 6 rings (SSSR count). The van der Waals surface area contributed by atoms with Crippen LogP contribution in [0.25, 0.3) is 0 Å². The van der Waals surface area contributed by atoms with Gasteiger partial charge in [0.1, 0.15) is 11.5 Å². The highest BCUT2D eigenvalue weighted by molar-refractivity contribution is 6.24. The molecule has 130 valence electrons. The zero-order chi connectivity index (χ0) is 18.0. The number of hydrogen-bond acceptors (Lipinski definition) is 4. The second kappa shape index (κ2) is 5.27. The summed E-state index contributed by atoms with van der Waals surface area (Å²) in [6, 6.07) is 14.6. The van der Waals surface area contributed by atoms with E-state index in [1.54, 1.807) is 31.4 Å². The molecule has 26 heavy (non-hydrogen) atoms. The van der Waals surface area contributed by atoms with E-state index in [1.807, 2.05) is 24.3 Å². The van der Waals surface area contributed by atoms with Crippen LogP contribution in [-0.2, 0) is 14.4 Å². The molecule has 0 aromatic heterocycles. The molecule has 0 spiro atoms. The Hall–Kier alpha value is -2.95. The van der Waals surface area contributed by atoms with Gasteiger partial charge in [0, 0.05) is 12.3 Å². The van der Waals surface area contributed by atoms with Gasteiger partial charge in [0.15, 0.2) is 0 Å². The van der Waals surface area contributed by atoms with Gasteiger partial charge in [0.05, 0.1) is 30.6 Å². The summed E-state index contributed by atoms with van der Waals surface area (Å²) in [6.07, 6.45) is 0.346. The maximum absolute atomic E-state index is 13.2. The van der Waals surface area contributed by atoms with E-state index >= 15 is 0 Å². The Morgan fingerprint density at radius 1 is 0.885 bits per heavy atom. The molecule has 2 aromatic carbocycles. The highest BCUT2D eigenvalue weighted by Crippen LogP contribution is 2.57. The molecule has 2 bridgehead atoms. The first-order chi connectivity index (χ1) is 12.6. The van der Waals surface area contributed by atoms with Crippen LogP contribution in [0.4, 0.5) is 5.69 Å². The predicted molar refractivity (Wildman–Crippen MR) is 94.0 cm³/mol. The van der Waals surface area contributed by atoms with E-state index in [4.69, 9.17) is 4.74 Å². The topological polar surface area (TPSA) is 63.7 Å². The molecule has 0 radical (unpaired) electrons. The van der Waals surface area contributed by atoms with E-state index in [2.05, 4.69) is 0 Å². The highest BCUT2D eigenvalue weighted by Gasteiger charge is 2.62. The van der Waals surface area contributed by atoms with Crippen LogP contribution < -0.4 is 9.64 Å². The summed E-state index contributed by atoms with van der Waals surface area (Å²) in [4.78, 5) is 40.3. The minimum atomic E-state index is -0.578. The molecular formula is C21H17NO4. The highest BCUT2D eigenvalue weighted by atomic mass is 16.5. The number of hydrogen-bond donors (Lipinski definition) is 0. The molecule has 0 unspecified atom stereocenters. The van der Waals surface area contributed by atoms with Gasteiger partial charge >= 0.3 is 0 Å². The molecule has 1 saturated heterocycles. The zero-order valence-electron chi connectivity index (χ0n) is 14.2. The molecule has 0 N–H and O–H groups in total. The van der Waals surface area contributed by atoms with Crippen LogP contribution in [0.15, 0.2) is 48.5 Å². The summed E-state index contributed by atoms with van der Waals surface area (Å²) in [6.45, 7) is 0. The number of ether oxygens (including phenoxy) is 1. The van der Waals surface area contributed by atoms with Gasteiger partial charge in [-0.2, -0.15) is 0 Å². The van der Waals surface area contributed by atoms with Crippen LogP contribution in [0, 0.1) is 11.8 Å². The number of Topliss-reactive ketones (excluding diaryl/α,β-unsaturated/α-hetero) is 1. The number of nitrogens with zero attached hydrogens (tertiary/aromatic N) is 1. The summed E-state index contributed by atoms with van der Waals surface area (Å²) < 4.78 is 5.15. The van der Waals surface area contributed by atoms with Crippen molar-refractivity contribution in [3.63, 3.8) is 0 Å². The first kappa shape index (κ1) is 15.3. The molecular weight excluding hydrogens is 330 g/mol. The average Bonchev–Trinajstić information content (AvgIpc) is 2.94. The van der Waals surface area contributed by atoms with E-state index in [1.165, 1.54) is 4.90 Å². The van der Waals surface area contributed by atoms with Crippen LogP contribution in [0.3, 0.4) is 0 Å². The zero-order valence-corrected chi connectivity index (χ0v) is 14.2. The lowest BCUT2D eigenvalue weighted by Crippen LogP contribution is -2.44. The van der Waals surface area contributed by atoms with E-state index in [-0.39, 0.29) is 23.5 Å². The van der Waals surface area contributed by atoms with Crippen molar-refractivity contribution in [1.29, 1.82) is 0 Å². The first-order valence-electron chi connectivity index (χ1n) is 8.75. The lowest BCUT2D eigenvalue weighted by Gasteiger charge is -2.43. The van der Waals surface area contributed by atoms with Crippen molar-refractivity contribution < 1.29 is 19.1 Å². The average molecular weight is 347 g/mol. The van der Waals surface area contributed by atoms with Crippen LogP contribution in [0.1, 0.15) is 29.4 Å². The third-order valence-electron chi connectivity index (χ3n) is 6.02. The van der Waals surface area contributed by atoms with Crippen molar-refractivity contribution in [2.75, 3.05) is 12.0 Å². The minimum Gasteiger partial charge on any atom is -0.497 e. The first-order valence-corrected chi connectivity index (χ1v) is 8.75. The molecule has 2 amide bonds. The number of carbonyl (C=O) groups is 3. The molecule has 5 heteroatoms. The third-order valence-corrected chi connectivity index (χ3v) is 6.02. The SMILES string of the molecule is COc1ccc(N2C(=O)[C@@H]3[C@H](C2=O)[C@@H]2C(=O)C[C@@H]3c3ccccc32)cc1. The summed E-state index contributed by atoms with van der Waals surface area (Å²) in [5.41, 5.74) is 2.51. The molecule has 2 fully saturated rings. The van der Waals surface area contributed by atoms with Crippen molar-refractivity contribution in [2.24, 2.45) is 11.8 Å². The fourth-order valence-electron chi connectivity index (χ4n) is 4.95. The Morgan fingerprint density at radius 2 is 1.54 bits per heavy atom. The van der Waals surface area contributed by atoms with Crippen molar-refractivity contribution in [3.05, 3.63) is 59.7 Å². The van der Waals surface area contributed by atoms with Gasteiger partial charge in [-0.05, 0) is 35.4 Å². The number of amides is 2. The number of imide groups is 1. The fourth-order valence-corrected chi connectivity index (χ4v) is 4.95. The van der Waals surface area contributed by atoms with Crippen LogP contribution in [-0.4, -0.2) is 24.7 Å². The van der Waals surface area contributed by atoms with E-state index in [9.17, 15) is 14.4 Å². The Kier molecular flexibility index (Phi) is 3.11. The van der Waals surface area contributed by atoms with Crippen molar-refractivity contribution in [3.8, 4) is 5.75 Å². The lowest BCUT2D eigenvalue weighted by molar-refractivity contribution is -0.134. The summed E-state index contributed by atoms with van der Waals surface area (Å²) in [5.74, 6) is -1.44. The van der Waals surface area contributed by atoms with Crippen LogP contribution >= 0.6 is 0 Å². The van der Waals surface area contributed by atoms with E-state index in [0.29, 0.717) is 17.9 Å². The van der Waals surface area contributed by atoms with Gasteiger partial charge in [0.2, 0.25) is 11.8 Å². The number of benzene rings is 2. The van der Waals surface area contributed by atoms with E-state index in [0.717, 1.165) is 11.1 Å². The number of methoxy groups -OCH3 is 1. The molecule has 1 aliphatic heterocycles. The predicted octanol–water partition coefficient (Wildman–Crippen LogP) is 2.65. The molecule has 1 saturated carbocycles. The Balaban J connectivity index is 1.61. The summed E-state index contributed by atoms with van der Waals surface area (Å²) in [5, 5.41) is 0. The van der Waals surface area contributed by atoms with Gasteiger partial charge in [-0.3, -0.25) is 19.3 Å². The Bertz CT molecular complexity index is 949. The second-order valence-electron chi connectivity index (χ2n) is 7.14. The van der Waals surface area contributed by atoms with Gasteiger partial charge < -0.3 is 4.74 Å². The van der Waals surface area contributed by atoms with Crippen molar-refractivity contribution in [1.82, 2.24) is 0 Å². The van der Waals surface area contributed by atoms with E-state index < -0.39 is 17.8 Å². The maximum atomic E-state index is 13.2. The number of ketones is 1. The Labute approximate surface area is 150 Å². The molecule has 5 nitrogen and oxygen atoms in total. The minimum absolute atomic E-state index is 0.0766. The molecule has 1 heterocycles. The Morgan fingerprint density at radius 3 is 2.23 bits per heavy atom. The monoisotopic (exact) mass is 347 g/mol. The number of fused-ring (bicyclic) bond motifs is 1. The number of carbonyl (C=O) groups excluding carboxylic acids is 3. The fraction of sp³-hybridized carbons (Fsp3) is 0.286. The van der Waals surface area contributed by atoms with Crippen LogP contribution in [0.2, 0.25) is 0 Å². The second-order valence-corrected chi connectivity index (χ2v) is 7.14. The van der Waals surface area contributed by atoms with Gasteiger partial charge in [-0.15, -0.1) is 0 Å². The smallest absolute Gasteiger partial charge is 0.238 e. The van der Waals surface area contributed by atoms with Crippen LogP contribution in [0.5, 0.6) is 5.75 Å². The molecule has 4 atom stereocenters. The number of anilines is 1. The van der Waals surface area contributed by atoms with Gasteiger partial charge in [-0.1, -0.05) is 24.3 Å². The standard InChI is InChI=1S/C21H17NO4/c1-26-12-8-6-11(7-9-12)22-20(24)18-15-10-16(23)17(19(18)21(22)25)14-5-3-2-4-13(14)15/h2-9,15,17-19H,10H2,1H3/t15-,17+,18+,19-/m1/s1. The molecule has 2 aromatic rings.